The van der Waals surface area contributed by atoms with Crippen molar-refractivity contribution >= 4 is 113 Å². The summed E-state index contributed by atoms with van der Waals surface area (Å²) in [6, 6.07) is 94.2. The maximum Gasteiger partial charge on any atom is 0.109 e. The lowest BCUT2D eigenvalue weighted by atomic mass is 9.86. The summed E-state index contributed by atoms with van der Waals surface area (Å²) >= 11 is 0. The van der Waals surface area contributed by atoms with Crippen LogP contribution in [-0.2, 0) is 13.7 Å². The first kappa shape index (κ1) is 53.8. The molecule has 0 saturated carbocycles. The molecule has 0 atom stereocenters. The quantitative estimate of drug-likeness (QED) is 0.0779. The van der Waals surface area contributed by atoms with Gasteiger partial charge in [-0.3, -0.25) is 0 Å². The minimum absolute atomic E-state index is 0.836. The molecule has 6 heteroatoms. The average Bonchev–Trinajstić information content (AvgIpc) is 0.800. The van der Waals surface area contributed by atoms with Gasteiger partial charge < -0.3 is 13.7 Å². The summed E-state index contributed by atoms with van der Waals surface area (Å²) in [5, 5.41) is 19.1. The summed E-state index contributed by atoms with van der Waals surface area (Å²) in [4.78, 5) is 0. The Balaban J connectivity index is 0.834. The Hall–Kier alpha value is -8.93. The van der Waals surface area contributed by atoms with Gasteiger partial charge in [0.05, 0.1) is 0 Å². The molecule has 0 saturated heterocycles. The van der Waals surface area contributed by atoms with Crippen LogP contribution >= 0.6 is 21.4 Å². The molecule has 0 bridgehead atoms. The molecule has 414 valence electrons. The third-order valence-corrected chi connectivity index (χ3v) is 22.3. The third kappa shape index (κ3) is 9.42. The molecule has 0 unspecified atom stereocenters. The lowest BCUT2D eigenvalue weighted by Gasteiger charge is -2.19. The van der Waals surface area contributed by atoms with Crippen LogP contribution in [0.5, 0.6) is 0 Å². The fraction of sp³-hybridized carbons (Fsp3) is 0.0750. The van der Waals surface area contributed by atoms with Crippen molar-refractivity contribution in [2.75, 3.05) is 40.0 Å². The predicted molar refractivity (Wildman–Crippen MR) is 375 cm³/mol. The molecule has 0 amide bonds. The van der Waals surface area contributed by atoms with E-state index in [0.717, 1.165) is 121 Å². The molecule has 86 heavy (non-hydrogen) atoms. The van der Waals surface area contributed by atoms with Crippen LogP contribution in [0.2, 0.25) is 0 Å². The first-order chi connectivity index (χ1) is 41.5. The second-order valence-electron chi connectivity index (χ2n) is 24.5. The van der Waals surface area contributed by atoms with Crippen LogP contribution < -0.4 is 15.9 Å². The molecule has 0 fully saturated rings. The van der Waals surface area contributed by atoms with Crippen molar-refractivity contribution in [2.45, 2.75) is 0 Å². The van der Waals surface area contributed by atoms with Crippen LogP contribution in [0.1, 0.15) is 0 Å². The van der Waals surface area contributed by atoms with Crippen molar-refractivity contribution in [3.05, 3.63) is 261 Å². The van der Waals surface area contributed by atoms with Gasteiger partial charge in [-0.1, -0.05) is 194 Å². The molecule has 15 rings (SSSR count). The summed E-state index contributed by atoms with van der Waals surface area (Å²) in [5.74, 6) is 0. The van der Waals surface area contributed by atoms with Crippen molar-refractivity contribution in [3.8, 4) is 77.9 Å². The highest BCUT2D eigenvalue weighted by Crippen LogP contribution is 2.48. The van der Waals surface area contributed by atoms with Crippen molar-refractivity contribution < 1.29 is 13.7 Å². The topological polar surface area (TPSA) is 51.2 Å². The minimum Gasteiger partial charge on any atom is -0.319 e. The molecule has 0 aliphatic heterocycles. The Morgan fingerprint density at radius 2 is 0.651 bits per heavy atom. The van der Waals surface area contributed by atoms with Gasteiger partial charge in [-0.2, -0.15) is 0 Å². The van der Waals surface area contributed by atoms with Crippen LogP contribution in [0.3, 0.4) is 0 Å². The van der Waals surface area contributed by atoms with Gasteiger partial charge in [0.25, 0.3) is 0 Å². The number of fused-ring (bicyclic) bond motifs is 4. The molecule has 0 heterocycles. The zero-order valence-corrected chi connectivity index (χ0v) is 51.6. The van der Waals surface area contributed by atoms with Gasteiger partial charge in [-0.25, -0.2) is 0 Å². The van der Waals surface area contributed by atoms with E-state index in [1.165, 1.54) is 48.7 Å². The molecule has 0 N–H and O–H groups in total. The van der Waals surface area contributed by atoms with Crippen LogP contribution in [0.15, 0.2) is 261 Å². The Kier molecular flexibility index (Phi) is 12.7. The van der Waals surface area contributed by atoms with Crippen molar-refractivity contribution in [1.82, 2.24) is 0 Å². The normalized spacial score (nSPS) is 12.4. The number of rotatable bonds is 10. The van der Waals surface area contributed by atoms with E-state index in [4.69, 9.17) is 0 Å². The monoisotopic (exact) mass is 1160 g/mol. The molecule has 0 radical (unpaired) electrons. The lowest BCUT2D eigenvalue weighted by molar-refractivity contribution is 0.587. The van der Waals surface area contributed by atoms with Gasteiger partial charge in [0.15, 0.2) is 0 Å². The lowest BCUT2D eigenvalue weighted by Crippen LogP contribution is -2.04. The van der Waals surface area contributed by atoms with Crippen LogP contribution in [-0.4, -0.2) is 40.0 Å². The summed E-state index contributed by atoms with van der Waals surface area (Å²) in [6.07, 6.45) is 0. The predicted octanol–water partition coefficient (Wildman–Crippen LogP) is 21.6. The molecule has 0 spiro atoms. The zero-order chi connectivity index (χ0) is 58.8. The van der Waals surface area contributed by atoms with Gasteiger partial charge in [-0.05, 0) is 260 Å². The average molecular weight is 1160 g/mol. The van der Waals surface area contributed by atoms with Crippen molar-refractivity contribution in [3.63, 3.8) is 0 Å². The maximum atomic E-state index is 14.1. The van der Waals surface area contributed by atoms with E-state index < -0.39 is 21.4 Å². The van der Waals surface area contributed by atoms with E-state index in [-0.39, 0.29) is 0 Å². The zero-order valence-electron chi connectivity index (χ0n) is 48.9. The minimum atomic E-state index is -2.68. The van der Waals surface area contributed by atoms with Gasteiger partial charge in [0, 0.05) is 15.9 Å². The highest BCUT2D eigenvalue weighted by molar-refractivity contribution is 7.70. The highest BCUT2D eigenvalue weighted by Gasteiger charge is 2.22. The Morgan fingerprint density at radius 3 is 1.30 bits per heavy atom. The van der Waals surface area contributed by atoms with Gasteiger partial charge in [0.2, 0.25) is 0 Å². The second-order valence-corrected chi connectivity index (χ2v) is 34.2. The largest absolute Gasteiger partial charge is 0.319 e. The molecular weight excluding hydrogens is 1100 g/mol. The fourth-order valence-electron chi connectivity index (χ4n) is 13.4. The number of benzene rings is 15. The van der Waals surface area contributed by atoms with Crippen LogP contribution in [0.4, 0.5) is 0 Å². The molecule has 15 aromatic rings. The Bertz CT molecular complexity index is 5390. The molecule has 0 aromatic heterocycles. The molecule has 3 nitrogen and oxygen atoms in total. The van der Waals surface area contributed by atoms with Crippen LogP contribution in [0.25, 0.3) is 153 Å². The summed E-state index contributed by atoms with van der Waals surface area (Å²) < 4.78 is 41.3. The first-order valence-corrected chi connectivity index (χ1v) is 37.2. The fourth-order valence-corrected chi connectivity index (χ4v) is 16.1. The first-order valence-electron chi connectivity index (χ1n) is 29.3. The van der Waals surface area contributed by atoms with Crippen molar-refractivity contribution in [2.24, 2.45) is 0 Å². The van der Waals surface area contributed by atoms with E-state index in [1.807, 2.05) is 52.1 Å². The van der Waals surface area contributed by atoms with E-state index >= 15 is 0 Å². The summed E-state index contributed by atoms with van der Waals surface area (Å²) in [6.45, 7) is 11.1. The number of hydrogen-bond donors (Lipinski definition) is 0. The molecule has 0 aliphatic carbocycles. The van der Waals surface area contributed by atoms with Gasteiger partial charge in [-0.15, -0.1) is 0 Å². The second kappa shape index (κ2) is 20.4. The van der Waals surface area contributed by atoms with Gasteiger partial charge >= 0.3 is 0 Å². The summed E-state index contributed by atoms with van der Waals surface area (Å²) in [7, 11) is -7.81. The Morgan fingerprint density at radius 1 is 0.209 bits per heavy atom. The highest BCUT2D eigenvalue weighted by atomic mass is 31.2. The summed E-state index contributed by atoms with van der Waals surface area (Å²) in [5.41, 5.74) is 15.2. The Labute approximate surface area is 502 Å². The molecular formula is C80H61O3P3. The van der Waals surface area contributed by atoms with E-state index in [0.29, 0.717) is 0 Å². The SMILES string of the molecule is CP(C)(=O)c1cc(-c2ccc(-c3c4ccccc4cc4ccccc34)cc2)cc(-c2ccc3c(-c4cccc(-c5cc(P(C)(C)=O)ccc5-c5cc6ccc7ccc(-c8cccc(P(C)(C)=O)c8)c8ccc(c5)c6c78)c4)c4ccccc4cc3c2)c1. The third-order valence-electron chi connectivity index (χ3n) is 17.8. The van der Waals surface area contributed by atoms with Gasteiger partial charge in [0.1, 0.15) is 21.4 Å². The number of hydrogen-bond acceptors (Lipinski definition) is 3. The maximum absolute atomic E-state index is 14.1. The standard InChI is InChI=1S/C80H61O3P3/c1-84(2,81)66-21-14-19-58(46-66)69-35-31-52-29-30-60-43-64(44-61-33-37-75(69)80(52)77(60)61)70-38-34-67(85(3,4)82)49-76(70)57-18-13-20-59(41-57)79-73-24-12-9-17-56(73)42-65-39-53(32-36-74(65)79)63-45-62(47-68(48-63)86(5,6)83)50-25-27-51(28-26-50)78-71-22-10-7-15-54(71)40-55-16-8-11-23-72(55)78/h7-49H,1-6H3. The molecule has 15 aromatic carbocycles. The van der Waals surface area contributed by atoms with E-state index in [1.54, 1.807) is 0 Å². The van der Waals surface area contributed by atoms with Crippen molar-refractivity contribution in [1.29, 1.82) is 0 Å². The molecule has 0 aliphatic rings. The van der Waals surface area contributed by atoms with E-state index in [2.05, 4.69) is 249 Å². The van der Waals surface area contributed by atoms with Crippen LogP contribution in [0, 0.1) is 0 Å². The smallest absolute Gasteiger partial charge is 0.109 e. The van der Waals surface area contributed by atoms with E-state index in [9.17, 15) is 13.7 Å².